The van der Waals surface area contributed by atoms with Crippen LogP contribution in [0.5, 0.6) is 0 Å². The predicted molar refractivity (Wildman–Crippen MR) is 104 cm³/mol. The fourth-order valence-corrected chi connectivity index (χ4v) is 5.30. The molecule has 0 saturated carbocycles. The lowest BCUT2D eigenvalue weighted by Crippen LogP contribution is -2.50. The van der Waals surface area contributed by atoms with E-state index in [2.05, 4.69) is 26.8 Å². The maximum Gasteiger partial charge on any atom is 0.245 e. The molecule has 8 heteroatoms. The predicted octanol–water partition coefficient (Wildman–Crippen LogP) is 2.33. The molecular formula is C19H23N5O2S. The third kappa shape index (κ3) is 3.24. The van der Waals surface area contributed by atoms with Gasteiger partial charge in [-0.25, -0.2) is 13.4 Å². The zero-order valence-electron chi connectivity index (χ0n) is 15.5. The summed E-state index contributed by atoms with van der Waals surface area (Å²) in [6, 6.07) is 7.20. The molecule has 1 fully saturated rings. The summed E-state index contributed by atoms with van der Waals surface area (Å²) in [4.78, 5) is 14.4. The highest BCUT2D eigenvalue weighted by Crippen LogP contribution is 2.29. The molecule has 2 aromatic heterocycles. The third-order valence-corrected chi connectivity index (χ3v) is 7.02. The second-order valence-corrected chi connectivity index (χ2v) is 8.73. The van der Waals surface area contributed by atoms with Crippen molar-refractivity contribution in [3.8, 4) is 0 Å². The number of nitrogens with one attached hydrogen (secondary N) is 1. The van der Waals surface area contributed by atoms with Crippen LogP contribution in [0.3, 0.4) is 0 Å². The Morgan fingerprint density at radius 3 is 2.85 bits per heavy atom. The van der Waals surface area contributed by atoms with Crippen molar-refractivity contribution >= 4 is 20.9 Å². The van der Waals surface area contributed by atoms with Crippen molar-refractivity contribution in [3.63, 3.8) is 0 Å². The zero-order chi connectivity index (χ0) is 19.0. The van der Waals surface area contributed by atoms with Crippen molar-refractivity contribution < 1.29 is 8.42 Å². The van der Waals surface area contributed by atoms with Crippen LogP contribution in [0, 0.1) is 6.92 Å². The molecule has 0 bridgehead atoms. The summed E-state index contributed by atoms with van der Waals surface area (Å²) in [5.41, 5.74) is 1.53. The van der Waals surface area contributed by atoms with Crippen LogP contribution in [0.15, 0.2) is 47.8 Å². The largest absolute Gasteiger partial charge is 0.347 e. The van der Waals surface area contributed by atoms with Crippen molar-refractivity contribution in [2.75, 3.05) is 26.2 Å². The van der Waals surface area contributed by atoms with Crippen LogP contribution < -0.4 is 0 Å². The number of aryl methyl sites for hydroxylation is 1. The van der Waals surface area contributed by atoms with Crippen molar-refractivity contribution in [3.05, 3.63) is 54.2 Å². The van der Waals surface area contributed by atoms with E-state index in [0.717, 1.165) is 23.3 Å². The number of likely N-dealkylation sites (N-methyl/N-ethyl adjacent to an activating group) is 1. The topological polar surface area (TPSA) is 82.2 Å². The highest BCUT2D eigenvalue weighted by Gasteiger charge is 2.36. The summed E-state index contributed by atoms with van der Waals surface area (Å²) >= 11 is 0. The summed E-state index contributed by atoms with van der Waals surface area (Å²) < 4.78 is 28.4. The molecule has 1 aromatic carbocycles. The smallest absolute Gasteiger partial charge is 0.245 e. The normalized spacial score (nSPS) is 19.6. The molecule has 0 amide bonds. The first-order chi connectivity index (χ1) is 13.0. The van der Waals surface area contributed by atoms with Crippen LogP contribution in [-0.4, -0.2) is 58.8 Å². The number of sulfonamides is 1. The van der Waals surface area contributed by atoms with E-state index in [0.29, 0.717) is 25.2 Å². The molecule has 1 unspecified atom stereocenters. The number of nitrogens with zero attached hydrogens (tertiary/aromatic N) is 4. The number of hydrogen-bond donors (Lipinski definition) is 1. The molecular weight excluding hydrogens is 362 g/mol. The number of rotatable bonds is 4. The number of aromatic nitrogens is 3. The molecule has 7 nitrogen and oxygen atoms in total. The highest BCUT2D eigenvalue weighted by atomic mass is 32.2. The Hall–Kier alpha value is -2.29. The number of H-pyrrole nitrogens is 1. The molecule has 3 heterocycles. The summed E-state index contributed by atoms with van der Waals surface area (Å²) in [6.45, 7) is 6.36. The van der Waals surface area contributed by atoms with E-state index in [4.69, 9.17) is 0 Å². The van der Waals surface area contributed by atoms with Gasteiger partial charge < -0.3 is 4.98 Å². The fraction of sp³-hybridized carbons (Fsp3) is 0.368. The summed E-state index contributed by atoms with van der Waals surface area (Å²) in [7, 11) is -3.65. The van der Waals surface area contributed by atoms with E-state index < -0.39 is 10.0 Å². The van der Waals surface area contributed by atoms with Crippen molar-refractivity contribution in [1.82, 2.24) is 24.2 Å². The molecule has 4 rings (SSSR count). The second-order valence-electron chi connectivity index (χ2n) is 6.82. The molecule has 0 aliphatic carbocycles. The van der Waals surface area contributed by atoms with Crippen LogP contribution in [0.25, 0.3) is 10.9 Å². The van der Waals surface area contributed by atoms with Crippen LogP contribution >= 0.6 is 0 Å². The molecule has 1 saturated heterocycles. The van der Waals surface area contributed by atoms with Crippen molar-refractivity contribution in [1.29, 1.82) is 0 Å². The molecule has 142 valence electrons. The van der Waals surface area contributed by atoms with Gasteiger partial charge in [0.2, 0.25) is 10.0 Å². The standard InChI is InChI=1S/C19H23N5O2S/c1-3-23-9-10-24(13-16(23)19-20-7-8-21-19)27(25,26)17-6-4-5-15-11-14(2)12-22-18(15)17/h4-8,11-12,16H,3,9-10,13H2,1-2H3,(H,20,21). The van der Waals surface area contributed by atoms with Crippen LogP contribution in [0.4, 0.5) is 0 Å². The van der Waals surface area contributed by atoms with Gasteiger partial charge in [0.25, 0.3) is 0 Å². The van der Waals surface area contributed by atoms with E-state index in [-0.39, 0.29) is 10.9 Å². The molecule has 0 spiro atoms. The molecule has 0 radical (unpaired) electrons. The van der Waals surface area contributed by atoms with Gasteiger partial charge >= 0.3 is 0 Å². The minimum Gasteiger partial charge on any atom is -0.347 e. The molecule has 27 heavy (non-hydrogen) atoms. The van der Waals surface area contributed by atoms with E-state index >= 15 is 0 Å². The molecule has 1 atom stereocenters. The number of aromatic amines is 1. The van der Waals surface area contributed by atoms with Gasteiger partial charge in [-0.15, -0.1) is 0 Å². The van der Waals surface area contributed by atoms with Crippen LogP contribution in [0.1, 0.15) is 24.4 Å². The Morgan fingerprint density at radius 2 is 2.11 bits per heavy atom. The van der Waals surface area contributed by atoms with E-state index in [1.807, 2.05) is 19.1 Å². The number of pyridine rings is 1. The number of fused-ring (bicyclic) bond motifs is 1. The number of piperazine rings is 1. The Bertz CT molecular complexity index is 1050. The number of para-hydroxylation sites is 1. The van der Waals surface area contributed by atoms with Gasteiger partial charge in [0.15, 0.2) is 0 Å². The lowest BCUT2D eigenvalue weighted by molar-refractivity contribution is 0.119. The fourth-order valence-electron chi connectivity index (χ4n) is 3.70. The van der Waals surface area contributed by atoms with E-state index in [1.165, 1.54) is 0 Å². The zero-order valence-corrected chi connectivity index (χ0v) is 16.3. The number of benzene rings is 1. The Balaban J connectivity index is 1.72. The average molecular weight is 385 g/mol. The summed E-state index contributed by atoms with van der Waals surface area (Å²) in [5, 5.41) is 0.839. The monoisotopic (exact) mass is 385 g/mol. The molecule has 1 aliphatic rings. The van der Waals surface area contributed by atoms with Gasteiger partial charge in [0, 0.05) is 43.6 Å². The third-order valence-electron chi connectivity index (χ3n) is 5.12. The van der Waals surface area contributed by atoms with E-state index in [9.17, 15) is 8.42 Å². The minimum atomic E-state index is -3.65. The number of hydrogen-bond acceptors (Lipinski definition) is 5. The minimum absolute atomic E-state index is 0.0845. The first kappa shape index (κ1) is 18.1. The maximum atomic E-state index is 13.4. The highest BCUT2D eigenvalue weighted by molar-refractivity contribution is 7.89. The average Bonchev–Trinajstić information content (AvgIpc) is 3.21. The Kier molecular flexibility index (Phi) is 4.71. The van der Waals surface area contributed by atoms with Gasteiger partial charge in [0.1, 0.15) is 10.7 Å². The Labute approximate surface area is 159 Å². The molecule has 3 aromatic rings. The van der Waals surface area contributed by atoms with Crippen molar-refractivity contribution in [2.24, 2.45) is 0 Å². The summed E-state index contributed by atoms with van der Waals surface area (Å²) in [6.07, 6.45) is 5.18. The van der Waals surface area contributed by atoms with Gasteiger partial charge in [-0.2, -0.15) is 4.31 Å². The molecule has 1 N–H and O–H groups in total. The summed E-state index contributed by atoms with van der Waals surface area (Å²) in [5.74, 6) is 0.795. The molecule has 1 aliphatic heterocycles. The van der Waals surface area contributed by atoms with Crippen LogP contribution in [0.2, 0.25) is 0 Å². The van der Waals surface area contributed by atoms with Gasteiger partial charge in [0.05, 0.1) is 11.6 Å². The SMILES string of the molecule is CCN1CCN(S(=O)(=O)c2cccc3cc(C)cnc23)CC1c1ncc[nH]1. The Morgan fingerprint density at radius 1 is 1.26 bits per heavy atom. The van der Waals surface area contributed by atoms with E-state index in [1.54, 1.807) is 35.0 Å². The quantitative estimate of drug-likeness (QED) is 0.745. The van der Waals surface area contributed by atoms with Gasteiger partial charge in [-0.05, 0) is 31.2 Å². The first-order valence-electron chi connectivity index (χ1n) is 9.09. The number of imidazole rings is 1. The lowest BCUT2D eigenvalue weighted by atomic mass is 10.2. The second kappa shape index (κ2) is 7.03. The maximum absolute atomic E-state index is 13.4. The lowest BCUT2D eigenvalue weighted by Gasteiger charge is -2.39. The van der Waals surface area contributed by atoms with Gasteiger partial charge in [-0.1, -0.05) is 19.1 Å². The first-order valence-corrected chi connectivity index (χ1v) is 10.5. The van der Waals surface area contributed by atoms with Crippen LogP contribution in [-0.2, 0) is 10.0 Å². The van der Waals surface area contributed by atoms with Gasteiger partial charge in [-0.3, -0.25) is 9.88 Å². The van der Waals surface area contributed by atoms with Crippen molar-refractivity contribution in [2.45, 2.75) is 24.8 Å².